The summed E-state index contributed by atoms with van der Waals surface area (Å²) < 4.78 is 0. The second-order valence-corrected chi connectivity index (χ2v) is 9.68. The van der Waals surface area contributed by atoms with Crippen molar-refractivity contribution in [3.63, 3.8) is 0 Å². The molecule has 0 radical (unpaired) electrons. The first-order chi connectivity index (χ1) is 14.3. The molecule has 6 N–H and O–H groups in total. The van der Waals surface area contributed by atoms with Crippen LogP contribution in [0.25, 0.3) is 0 Å². The van der Waals surface area contributed by atoms with E-state index in [0.29, 0.717) is 0 Å². The third-order valence-electron chi connectivity index (χ3n) is 7.39. The Morgan fingerprint density at radius 3 is 1.45 bits per heavy atom. The van der Waals surface area contributed by atoms with Gasteiger partial charge in [-0.2, -0.15) is 0 Å². The molecule has 4 heteroatoms. The largest absolute Gasteiger partial charge is 0.330 e. The molecule has 2 aliphatic rings. The van der Waals surface area contributed by atoms with Crippen LogP contribution in [-0.4, -0.2) is 26.2 Å². The number of nitrogens with two attached hydrogens (primary N) is 2. The summed E-state index contributed by atoms with van der Waals surface area (Å²) in [5.41, 5.74) is 14.4. The fourth-order valence-corrected chi connectivity index (χ4v) is 5.18. The first-order valence-electron chi connectivity index (χ1n) is 12.2. The summed E-state index contributed by atoms with van der Waals surface area (Å²) in [7, 11) is 0. The highest BCUT2D eigenvalue weighted by Gasteiger charge is 2.20. The average Bonchev–Trinajstić information content (AvgIpc) is 3.00. The van der Waals surface area contributed by atoms with Crippen LogP contribution in [0.2, 0.25) is 0 Å². The summed E-state index contributed by atoms with van der Waals surface area (Å²) in [6.07, 6.45) is 12.0. The maximum Gasteiger partial charge on any atom is 0.0205 e. The van der Waals surface area contributed by atoms with Crippen molar-refractivity contribution < 1.29 is 0 Å². The molecule has 2 atom stereocenters. The maximum absolute atomic E-state index is 5.86. The highest BCUT2D eigenvalue weighted by Crippen LogP contribution is 2.28. The van der Waals surface area contributed by atoms with E-state index in [9.17, 15) is 0 Å². The van der Waals surface area contributed by atoms with Gasteiger partial charge in [0.2, 0.25) is 0 Å². The van der Waals surface area contributed by atoms with Crippen LogP contribution in [0.5, 0.6) is 0 Å². The topological polar surface area (TPSA) is 76.1 Å². The van der Waals surface area contributed by atoms with Gasteiger partial charge in [0, 0.05) is 13.1 Å². The number of nitrogens with one attached hydrogen (secondary N) is 2. The van der Waals surface area contributed by atoms with Gasteiger partial charge in [0.15, 0.2) is 0 Å². The summed E-state index contributed by atoms with van der Waals surface area (Å²) in [6, 6.07) is 9.14. The van der Waals surface area contributed by atoms with Crippen molar-refractivity contribution >= 4 is 0 Å². The number of benzene rings is 1. The van der Waals surface area contributed by atoms with Crippen LogP contribution in [0.15, 0.2) is 24.3 Å². The van der Waals surface area contributed by atoms with Crippen LogP contribution in [0.4, 0.5) is 0 Å². The molecule has 0 saturated heterocycles. The standard InChI is InChI=1S/C25H44N4/c26-14-20-2-1-3-22(7-4-20)16-28-18-24-10-12-25(13-11-24)19-29-17-23-8-5-21(15-27)6-9-23/h10-13,20-23,28-29H,1-9,14-19,26-27H2. The zero-order valence-corrected chi connectivity index (χ0v) is 18.4. The molecule has 3 rings (SSSR count). The normalized spacial score (nSPS) is 28.2. The second-order valence-electron chi connectivity index (χ2n) is 9.68. The van der Waals surface area contributed by atoms with E-state index in [1.54, 1.807) is 0 Å². The minimum atomic E-state index is 0.766. The summed E-state index contributed by atoms with van der Waals surface area (Å²) in [4.78, 5) is 0. The molecular formula is C25H44N4. The summed E-state index contributed by atoms with van der Waals surface area (Å²) >= 11 is 0. The Bertz CT molecular complexity index is 550. The second kappa shape index (κ2) is 12.7. The van der Waals surface area contributed by atoms with E-state index in [1.807, 2.05) is 0 Å². The van der Waals surface area contributed by atoms with E-state index in [4.69, 9.17) is 11.5 Å². The van der Waals surface area contributed by atoms with Crippen molar-refractivity contribution in [3.05, 3.63) is 35.4 Å². The third-order valence-corrected chi connectivity index (χ3v) is 7.39. The number of rotatable bonds is 10. The monoisotopic (exact) mass is 400 g/mol. The van der Waals surface area contributed by atoms with Gasteiger partial charge in [0.05, 0.1) is 0 Å². The van der Waals surface area contributed by atoms with Gasteiger partial charge in [0.25, 0.3) is 0 Å². The Balaban J connectivity index is 1.29. The van der Waals surface area contributed by atoms with Crippen LogP contribution < -0.4 is 22.1 Å². The molecule has 0 aromatic heterocycles. The van der Waals surface area contributed by atoms with Crippen molar-refractivity contribution in [2.45, 2.75) is 70.9 Å². The van der Waals surface area contributed by atoms with Gasteiger partial charge in [-0.05, 0) is 112 Å². The Morgan fingerprint density at radius 2 is 0.966 bits per heavy atom. The molecule has 0 aliphatic heterocycles. The molecule has 2 unspecified atom stereocenters. The van der Waals surface area contributed by atoms with Gasteiger partial charge in [-0.25, -0.2) is 0 Å². The first-order valence-corrected chi connectivity index (χ1v) is 12.2. The van der Waals surface area contributed by atoms with Gasteiger partial charge in [0.1, 0.15) is 0 Å². The van der Waals surface area contributed by atoms with E-state index >= 15 is 0 Å². The molecule has 0 amide bonds. The van der Waals surface area contributed by atoms with Gasteiger partial charge >= 0.3 is 0 Å². The molecule has 0 bridgehead atoms. The van der Waals surface area contributed by atoms with Crippen LogP contribution in [-0.2, 0) is 13.1 Å². The Morgan fingerprint density at radius 1 is 0.586 bits per heavy atom. The summed E-state index contributed by atoms with van der Waals surface area (Å²) in [5, 5.41) is 7.36. The molecule has 2 fully saturated rings. The molecule has 0 spiro atoms. The summed E-state index contributed by atoms with van der Waals surface area (Å²) in [6.45, 7) is 6.00. The van der Waals surface area contributed by atoms with Gasteiger partial charge in [-0.1, -0.05) is 30.7 Å². The van der Waals surface area contributed by atoms with E-state index in [2.05, 4.69) is 34.9 Å². The minimum absolute atomic E-state index is 0.766. The zero-order chi connectivity index (χ0) is 20.3. The number of hydrogen-bond donors (Lipinski definition) is 4. The van der Waals surface area contributed by atoms with Crippen LogP contribution >= 0.6 is 0 Å². The molecular weight excluding hydrogens is 356 g/mol. The first kappa shape index (κ1) is 22.7. The maximum atomic E-state index is 5.86. The predicted molar refractivity (Wildman–Crippen MR) is 123 cm³/mol. The van der Waals surface area contributed by atoms with Crippen molar-refractivity contribution in [1.29, 1.82) is 0 Å². The van der Waals surface area contributed by atoms with E-state index < -0.39 is 0 Å². The molecule has 164 valence electrons. The lowest BCUT2D eigenvalue weighted by molar-refractivity contribution is 0.272. The molecule has 0 heterocycles. The minimum Gasteiger partial charge on any atom is -0.330 e. The van der Waals surface area contributed by atoms with Gasteiger partial charge in [-0.15, -0.1) is 0 Å². The molecule has 2 aliphatic carbocycles. The van der Waals surface area contributed by atoms with Gasteiger partial charge in [-0.3, -0.25) is 0 Å². The average molecular weight is 401 g/mol. The van der Waals surface area contributed by atoms with Crippen molar-refractivity contribution in [2.24, 2.45) is 35.1 Å². The van der Waals surface area contributed by atoms with E-state index in [0.717, 1.165) is 62.9 Å². The summed E-state index contributed by atoms with van der Waals surface area (Å²) in [5.74, 6) is 3.21. The molecule has 4 nitrogen and oxygen atoms in total. The van der Waals surface area contributed by atoms with Crippen molar-refractivity contribution in [2.75, 3.05) is 26.2 Å². The number of hydrogen-bond acceptors (Lipinski definition) is 4. The van der Waals surface area contributed by atoms with Crippen LogP contribution in [0.3, 0.4) is 0 Å². The predicted octanol–water partition coefficient (Wildman–Crippen LogP) is 3.79. The van der Waals surface area contributed by atoms with Crippen molar-refractivity contribution in [1.82, 2.24) is 10.6 Å². The molecule has 1 aromatic carbocycles. The van der Waals surface area contributed by atoms with E-state index in [1.165, 1.54) is 68.9 Å². The lowest BCUT2D eigenvalue weighted by Crippen LogP contribution is -2.28. The van der Waals surface area contributed by atoms with Gasteiger partial charge < -0.3 is 22.1 Å². The molecule has 29 heavy (non-hydrogen) atoms. The quantitative estimate of drug-likeness (QED) is 0.451. The van der Waals surface area contributed by atoms with Crippen molar-refractivity contribution in [3.8, 4) is 0 Å². The lowest BCUT2D eigenvalue weighted by Gasteiger charge is -2.27. The van der Waals surface area contributed by atoms with Crippen LogP contribution in [0.1, 0.15) is 68.9 Å². The molecule has 1 aromatic rings. The zero-order valence-electron chi connectivity index (χ0n) is 18.4. The lowest BCUT2D eigenvalue weighted by atomic mass is 9.82. The Kier molecular flexibility index (Phi) is 9.95. The third kappa shape index (κ3) is 8.01. The Labute approximate surface area is 178 Å². The highest BCUT2D eigenvalue weighted by atomic mass is 14.9. The Hall–Kier alpha value is -0.940. The smallest absolute Gasteiger partial charge is 0.0205 e. The van der Waals surface area contributed by atoms with E-state index in [-0.39, 0.29) is 0 Å². The highest BCUT2D eigenvalue weighted by molar-refractivity contribution is 5.22. The fourth-order valence-electron chi connectivity index (χ4n) is 5.18. The SMILES string of the molecule is NCC1CCCC(CNCc2ccc(CNCC3CCC(CN)CC3)cc2)CC1. The van der Waals surface area contributed by atoms with Crippen LogP contribution in [0, 0.1) is 23.7 Å². The molecule has 2 saturated carbocycles. The fraction of sp³-hybridized carbons (Fsp3) is 0.760.